The predicted octanol–water partition coefficient (Wildman–Crippen LogP) is 2.48. The molecule has 13 heteroatoms. The van der Waals surface area contributed by atoms with Gasteiger partial charge in [0, 0.05) is 30.8 Å². The molecule has 1 atom stereocenters. The molecule has 0 bridgehead atoms. The highest BCUT2D eigenvalue weighted by atomic mass is 32.2. The number of aromatic carboxylic acids is 1. The smallest absolute Gasteiger partial charge is 0.340 e. The zero-order valence-corrected chi connectivity index (χ0v) is 20.2. The standard InChI is InChI=1S/C21H22FN3O7S2/c1-12-11-24(33(2,28)29)8-9-25(34(3,30)31)19-15(12)10-16-17(21(26)27)18(32-20(16)23-19)13-4-6-14(22)7-5-13/h4-7,10,12H,8-9,11H2,1-3H3,(H,26,27). The number of hydrogen-bond donors (Lipinski definition) is 1. The van der Waals surface area contributed by atoms with Crippen LogP contribution in [0.15, 0.2) is 34.7 Å². The van der Waals surface area contributed by atoms with Crippen LogP contribution in [0.1, 0.15) is 28.8 Å². The van der Waals surface area contributed by atoms with Crippen LogP contribution in [-0.2, 0) is 20.0 Å². The molecule has 0 amide bonds. The van der Waals surface area contributed by atoms with Crippen LogP contribution in [-0.4, -0.2) is 69.3 Å². The van der Waals surface area contributed by atoms with Gasteiger partial charge < -0.3 is 9.52 Å². The third-order valence-electron chi connectivity index (χ3n) is 5.68. The summed E-state index contributed by atoms with van der Waals surface area (Å²) in [6, 6.07) is 6.53. The Bertz CT molecular complexity index is 1500. The lowest BCUT2D eigenvalue weighted by Gasteiger charge is -2.33. The summed E-state index contributed by atoms with van der Waals surface area (Å²) in [4.78, 5) is 16.5. The zero-order chi connectivity index (χ0) is 25.0. The molecule has 1 unspecified atom stereocenters. The van der Waals surface area contributed by atoms with Gasteiger partial charge in [0.1, 0.15) is 17.2 Å². The molecule has 3 aromatic rings. The van der Waals surface area contributed by atoms with Gasteiger partial charge in [-0.05, 0) is 36.2 Å². The normalized spacial score (nSPS) is 17.9. The Hall–Kier alpha value is -3.03. The second-order valence-corrected chi connectivity index (χ2v) is 12.1. The van der Waals surface area contributed by atoms with E-state index in [0.29, 0.717) is 11.1 Å². The second-order valence-electron chi connectivity index (χ2n) is 8.23. The summed E-state index contributed by atoms with van der Waals surface area (Å²) >= 11 is 0. The lowest BCUT2D eigenvalue weighted by molar-refractivity contribution is 0.0699. The van der Waals surface area contributed by atoms with E-state index in [1.54, 1.807) is 6.92 Å². The SMILES string of the molecule is CC1CN(S(C)(=O)=O)CCN(S(C)(=O)=O)c2nc3oc(-c4ccc(F)cc4)c(C(=O)O)c3cc21. The van der Waals surface area contributed by atoms with E-state index in [-0.39, 0.29) is 47.9 Å². The summed E-state index contributed by atoms with van der Waals surface area (Å²) in [6.45, 7) is 1.51. The van der Waals surface area contributed by atoms with Crippen LogP contribution in [0.4, 0.5) is 10.2 Å². The first kappa shape index (κ1) is 24.1. The number of pyridine rings is 1. The van der Waals surface area contributed by atoms with Crippen LogP contribution < -0.4 is 4.31 Å². The first-order valence-electron chi connectivity index (χ1n) is 10.2. The van der Waals surface area contributed by atoms with Crippen molar-refractivity contribution in [3.63, 3.8) is 0 Å². The van der Waals surface area contributed by atoms with Crippen LogP contribution in [0.25, 0.3) is 22.4 Å². The Labute approximate surface area is 195 Å². The lowest BCUT2D eigenvalue weighted by Crippen LogP contribution is -2.44. The average Bonchev–Trinajstić information content (AvgIpc) is 3.08. The van der Waals surface area contributed by atoms with Crippen molar-refractivity contribution in [1.29, 1.82) is 0 Å². The summed E-state index contributed by atoms with van der Waals surface area (Å²) in [5, 5.41) is 10.0. The van der Waals surface area contributed by atoms with E-state index in [0.717, 1.165) is 28.9 Å². The van der Waals surface area contributed by atoms with E-state index < -0.39 is 37.8 Å². The molecule has 1 aliphatic heterocycles. The molecule has 1 aromatic carbocycles. The zero-order valence-electron chi connectivity index (χ0n) is 18.5. The number of carboxylic acid groups (broad SMARTS) is 1. The lowest BCUT2D eigenvalue weighted by atomic mass is 9.98. The quantitative estimate of drug-likeness (QED) is 0.564. The number of carboxylic acids is 1. The maximum Gasteiger partial charge on any atom is 0.340 e. The molecule has 2 aromatic heterocycles. The number of carbonyl (C=O) groups is 1. The van der Waals surface area contributed by atoms with Crippen molar-refractivity contribution in [3.8, 4) is 11.3 Å². The van der Waals surface area contributed by atoms with Crippen molar-refractivity contribution in [2.24, 2.45) is 0 Å². The summed E-state index contributed by atoms with van der Waals surface area (Å²) in [5.74, 6) is -2.34. The number of sulfonamides is 2. The number of fused-ring (bicyclic) bond motifs is 2. The van der Waals surface area contributed by atoms with Gasteiger partial charge in [-0.1, -0.05) is 6.92 Å². The Morgan fingerprint density at radius 2 is 1.76 bits per heavy atom. The highest BCUT2D eigenvalue weighted by molar-refractivity contribution is 7.92. The molecule has 34 heavy (non-hydrogen) atoms. The van der Waals surface area contributed by atoms with Crippen molar-refractivity contribution >= 4 is 42.9 Å². The number of rotatable bonds is 4. The molecule has 0 aliphatic carbocycles. The van der Waals surface area contributed by atoms with Crippen molar-refractivity contribution in [2.75, 3.05) is 36.5 Å². The van der Waals surface area contributed by atoms with Gasteiger partial charge in [0.2, 0.25) is 25.8 Å². The molecule has 10 nitrogen and oxygen atoms in total. The molecule has 1 aliphatic rings. The third kappa shape index (κ3) is 4.38. The van der Waals surface area contributed by atoms with E-state index >= 15 is 0 Å². The van der Waals surface area contributed by atoms with Gasteiger partial charge in [0.15, 0.2) is 5.76 Å². The molecule has 0 spiro atoms. The largest absolute Gasteiger partial charge is 0.478 e. The van der Waals surface area contributed by atoms with Gasteiger partial charge in [-0.15, -0.1) is 0 Å². The number of furan rings is 1. The van der Waals surface area contributed by atoms with Crippen LogP contribution in [0.5, 0.6) is 0 Å². The topological polar surface area (TPSA) is 138 Å². The highest BCUT2D eigenvalue weighted by Gasteiger charge is 2.33. The second kappa shape index (κ2) is 8.32. The molecule has 1 N–H and O–H groups in total. The molecule has 0 fully saturated rings. The van der Waals surface area contributed by atoms with Crippen molar-refractivity contribution in [3.05, 3.63) is 47.3 Å². The first-order valence-corrected chi connectivity index (χ1v) is 13.9. The molecule has 0 radical (unpaired) electrons. The predicted molar refractivity (Wildman–Crippen MR) is 123 cm³/mol. The highest BCUT2D eigenvalue weighted by Crippen LogP contribution is 2.39. The number of halogens is 1. The van der Waals surface area contributed by atoms with E-state index in [2.05, 4.69) is 4.98 Å². The van der Waals surface area contributed by atoms with Crippen LogP contribution in [0.2, 0.25) is 0 Å². The molecular formula is C21H22FN3O7S2. The molecular weight excluding hydrogens is 489 g/mol. The number of anilines is 1. The fraction of sp³-hybridized carbons (Fsp3) is 0.333. The average molecular weight is 512 g/mol. The van der Waals surface area contributed by atoms with Gasteiger partial charge >= 0.3 is 5.97 Å². The van der Waals surface area contributed by atoms with Crippen LogP contribution >= 0.6 is 0 Å². The van der Waals surface area contributed by atoms with E-state index in [4.69, 9.17) is 4.42 Å². The number of hydrogen-bond acceptors (Lipinski definition) is 7. The molecule has 182 valence electrons. The van der Waals surface area contributed by atoms with E-state index in [9.17, 15) is 31.1 Å². The summed E-state index contributed by atoms with van der Waals surface area (Å²) in [6.07, 6.45) is 2.02. The summed E-state index contributed by atoms with van der Waals surface area (Å²) in [7, 11) is -7.49. The first-order chi connectivity index (χ1) is 15.8. The molecule has 4 rings (SSSR count). The van der Waals surface area contributed by atoms with Crippen molar-refractivity contribution < 1.29 is 35.5 Å². The van der Waals surface area contributed by atoms with Gasteiger partial charge in [-0.3, -0.25) is 4.31 Å². The monoisotopic (exact) mass is 511 g/mol. The van der Waals surface area contributed by atoms with Gasteiger partial charge in [0.25, 0.3) is 0 Å². The Morgan fingerprint density at radius 1 is 1.12 bits per heavy atom. The van der Waals surface area contributed by atoms with Crippen molar-refractivity contribution in [1.82, 2.24) is 9.29 Å². The van der Waals surface area contributed by atoms with Crippen molar-refractivity contribution in [2.45, 2.75) is 12.8 Å². The van der Waals surface area contributed by atoms with E-state index in [1.807, 2.05) is 0 Å². The minimum atomic E-state index is -3.87. The maximum absolute atomic E-state index is 13.4. The Balaban J connectivity index is 2.00. The Morgan fingerprint density at radius 3 is 2.32 bits per heavy atom. The van der Waals surface area contributed by atoms with Crippen LogP contribution in [0, 0.1) is 5.82 Å². The fourth-order valence-electron chi connectivity index (χ4n) is 4.04. The number of benzene rings is 1. The number of aromatic nitrogens is 1. The fourth-order valence-corrected chi connectivity index (χ4v) is 5.82. The van der Waals surface area contributed by atoms with Gasteiger partial charge in [0.05, 0.1) is 17.9 Å². The number of nitrogens with zero attached hydrogens (tertiary/aromatic N) is 3. The maximum atomic E-state index is 13.4. The minimum Gasteiger partial charge on any atom is -0.478 e. The van der Waals surface area contributed by atoms with E-state index in [1.165, 1.54) is 22.5 Å². The molecule has 3 heterocycles. The Kier molecular flexibility index (Phi) is 5.90. The molecule has 0 saturated heterocycles. The molecule has 0 saturated carbocycles. The summed E-state index contributed by atoms with van der Waals surface area (Å²) < 4.78 is 71.0. The van der Waals surface area contributed by atoms with Gasteiger partial charge in [-0.25, -0.2) is 26.0 Å². The van der Waals surface area contributed by atoms with Crippen LogP contribution in [0.3, 0.4) is 0 Å². The summed E-state index contributed by atoms with van der Waals surface area (Å²) in [5.41, 5.74) is 0.356. The van der Waals surface area contributed by atoms with Gasteiger partial charge in [-0.2, -0.15) is 9.29 Å². The third-order valence-corrected chi connectivity index (χ3v) is 8.10. The minimum absolute atomic E-state index is 0.0481.